The average Bonchev–Trinajstić information content (AvgIpc) is 2.41. The number of ether oxygens (including phenoxy) is 1. The Balaban J connectivity index is 2.13. The molecule has 0 atom stereocenters. The lowest BCUT2D eigenvalue weighted by Gasteiger charge is -2.10. The third-order valence-electron chi connectivity index (χ3n) is 2.95. The Morgan fingerprint density at radius 1 is 1.15 bits per heavy atom. The highest BCUT2D eigenvalue weighted by Gasteiger charge is 2.07. The van der Waals surface area contributed by atoms with Crippen LogP contribution in [0.15, 0.2) is 34.8 Å². The second-order valence-electron chi connectivity index (χ2n) is 4.40. The Kier molecular flexibility index (Phi) is 4.60. The SMILES string of the molecule is COc1ccc(CNc2cc(F)c(C)cc2F)cc1Br. The molecule has 0 aromatic heterocycles. The summed E-state index contributed by atoms with van der Waals surface area (Å²) < 4.78 is 33.0. The van der Waals surface area contributed by atoms with E-state index in [4.69, 9.17) is 4.74 Å². The second kappa shape index (κ2) is 6.22. The lowest BCUT2D eigenvalue weighted by Crippen LogP contribution is -2.03. The number of halogens is 3. The van der Waals surface area contributed by atoms with Crippen LogP contribution in [-0.2, 0) is 6.54 Å². The smallest absolute Gasteiger partial charge is 0.146 e. The van der Waals surface area contributed by atoms with Crippen molar-refractivity contribution in [3.63, 3.8) is 0 Å². The van der Waals surface area contributed by atoms with Crippen molar-refractivity contribution in [1.82, 2.24) is 0 Å². The van der Waals surface area contributed by atoms with Crippen molar-refractivity contribution >= 4 is 21.6 Å². The van der Waals surface area contributed by atoms with E-state index in [9.17, 15) is 8.78 Å². The standard InChI is InChI=1S/C15H14BrF2NO/c1-9-5-13(18)14(7-12(9)17)19-8-10-3-4-15(20-2)11(16)6-10/h3-7,19H,8H2,1-2H3. The first-order chi connectivity index (χ1) is 9.51. The maximum Gasteiger partial charge on any atom is 0.146 e. The first kappa shape index (κ1) is 14.8. The number of hydrogen-bond acceptors (Lipinski definition) is 2. The molecule has 0 radical (unpaired) electrons. The van der Waals surface area contributed by atoms with E-state index in [0.29, 0.717) is 12.1 Å². The minimum absolute atomic E-state index is 0.153. The zero-order chi connectivity index (χ0) is 14.7. The normalized spacial score (nSPS) is 10.4. The molecule has 0 amide bonds. The van der Waals surface area contributed by atoms with Crippen molar-refractivity contribution in [2.45, 2.75) is 13.5 Å². The number of nitrogens with one attached hydrogen (secondary N) is 1. The summed E-state index contributed by atoms with van der Waals surface area (Å²) in [6, 6.07) is 7.89. The third kappa shape index (κ3) is 3.28. The van der Waals surface area contributed by atoms with Gasteiger partial charge in [-0.1, -0.05) is 6.07 Å². The highest BCUT2D eigenvalue weighted by atomic mass is 79.9. The molecule has 20 heavy (non-hydrogen) atoms. The van der Waals surface area contributed by atoms with E-state index in [1.54, 1.807) is 7.11 Å². The average molecular weight is 342 g/mol. The van der Waals surface area contributed by atoms with Crippen LogP contribution in [0, 0.1) is 18.6 Å². The molecule has 0 bridgehead atoms. The van der Waals surface area contributed by atoms with Gasteiger partial charge in [-0.2, -0.15) is 0 Å². The topological polar surface area (TPSA) is 21.3 Å². The quantitative estimate of drug-likeness (QED) is 0.873. The number of anilines is 1. The van der Waals surface area contributed by atoms with Crippen LogP contribution in [0.1, 0.15) is 11.1 Å². The van der Waals surface area contributed by atoms with Gasteiger partial charge in [-0.05, 0) is 52.2 Å². The molecule has 5 heteroatoms. The van der Waals surface area contributed by atoms with Gasteiger partial charge in [0.25, 0.3) is 0 Å². The molecule has 106 valence electrons. The monoisotopic (exact) mass is 341 g/mol. The number of methoxy groups -OCH3 is 1. The van der Waals surface area contributed by atoms with E-state index >= 15 is 0 Å². The van der Waals surface area contributed by atoms with Crippen LogP contribution in [0.4, 0.5) is 14.5 Å². The summed E-state index contributed by atoms with van der Waals surface area (Å²) in [5.74, 6) is -0.164. The van der Waals surface area contributed by atoms with Gasteiger partial charge in [-0.25, -0.2) is 8.78 Å². The molecule has 2 aromatic rings. The van der Waals surface area contributed by atoms with E-state index in [1.165, 1.54) is 19.1 Å². The fraction of sp³-hybridized carbons (Fsp3) is 0.200. The molecule has 0 unspecified atom stereocenters. The van der Waals surface area contributed by atoms with E-state index in [2.05, 4.69) is 21.2 Å². The molecule has 0 saturated heterocycles. The highest BCUT2D eigenvalue weighted by Crippen LogP contribution is 2.26. The summed E-state index contributed by atoms with van der Waals surface area (Å²) in [4.78, 5) is 0. The van der Waals surface area contributed by atoms with Crippen LogP contribution in [0.2, 0.25) is 0 Å². The van der Waals surface area contributed by atoms with Gasteiger partial charge in [-0.15, -0.1) is 0 Å². The van der Waals surface area contributed by atoms with Crippen LogP contribution >= 0.6 is 15.9 Å². The Bertz CT molecular complexity index is 632. The maximum absolute atomic E-state index is 13.7. The van der Waals surface area contributed by atoms with Crippen LogP contribution in [-0.4, -0.2) is 7.11 Å². The number of aryl methyl sites for hydroxylation is 1. The summed E-state index contributed by atoms with van der Waals surface area (Å²) in [7, 11) is 1.59. The van der Waals surface area contributed by atoms with Gasteiger partial charge in [0.05, 0.1) is 17.3 Å². The van der Waals surface area contributed by atoms with E-state index in [0.717, 1.165) is 15.8 Å². The van der Waals surface area contributed by atoms with Gasteiger partial charge >= 0.3 is 0 Å². The fourth-order valence-electron chi connectivity index (χ4n) is 1.80. The largest absolute Gasteiger partial charge is 0.496 e. The molecule has 0 aliphatic heterocycles. The van der Waals surface area contributed by atoms with Gasteiger partial charge in [0.1, 0.15) is 17.4 Å². The predicted octanol–water partition coefficient (Wildman–Crippen LogP) is 4.66. The molecule has 0 heterocycles. The van der Waals surface area contributed by atoms with Gasteiger partial charge in [0.15, 0.2) is 0 Å². The van der Waals surface area contributed by atoms with Crippen molar-refractivity contribution in [2.75, 3.05) is 12.4 Å². The molecular formula is C15H14BrF2NO. The second-order valence-corrected chi connectivity index (χ2v) is 5.26. The molecule has 2 aromatic carbocycles. The summed E-state index contributed by atoms with van der Waals surface area (Å²) >= 11 is 3.38. The van der Waals surface area contributed by atoms with Gasteiger partial charge in [0, 0.05) is 12.6 Å². The molecule has 0 aliphatic carbocycles. The van der Waals surface area contributed by atoms with Crippen molar-refractivity contribution in [3.8, 4) is 5.75 Å². The lowest BCUT2D eigenvalue weighted by molar-refractivity contribution is 0.412. The lowest BCUT2D eigenvalue weighted by atomic mass is 10.2. The summed E-state index contributed by atoms with van der Waals surface area (Å²) in [5.41, 5.74) is 1.37. The number of hydrogen-bond donors (Lipinski definition) is 1. The first-order valence-electron chi connectivity index (χ1n) is 6.03. The van der Waals surface area contributed by atoms with Gasteiger partial charge in [0.2, 0.25) is 0 Å². The summed E-state index contributed by atoms with van der Waals surface area (Å²) in [5, 5.41) is 2.89. The van der Waals surface area contributed by atoms with Gasteiger partial charge < -0.3 is 10.1 Å². The van der Waals surface area contributed by atoms with Crippen LogP contribution in [0.25, 0.3) is 0 Å². The number of rotatable bonds is 4. The number of benzene rings is 2. The highest BCUT2D eigenvalue weighted by molar-refractivity contribution is 9.10. The van der Waals surface area contributed by atoms with Crippen LogP contribution < -0.4 is 10.1 Å². The Morgan fingerprint density at radius 3 is 2.55 bits per heavy atom. The van der Waals surface area contributed by atoms with Gasteiger partial charge in [-0.3, -0.25) is 0 Å². The van der Waals surface area contributed by atoms with E-state index in [-0.39, 0.29) is 5.69 Å². The Labute approximate surface area is 124 Å². The van der Waals surface area contributed by atoms with Crippen molar-refractivity contribution in [2.24, 2.45) is 0 Å². The molecule has 0 aliphatic rings. The molecular weight excluding hydrogens is 328 g/mol. The first-order valence-corrected chi connectivity index (χ1v) is 6.82. The Hall–Kier alpha value is -1.62. The van der Waals surface area contributed by atoms with Crippen LogP contribution in [0.5, 0.6) is 5.75 Å². The molecule has 2 nitrogen and oxygen atoms in total. The van der Waals surface area contributed by atoms with E-state index in [1.807, 2.05) is 18.2 Å². The molecule has 1 N–H and O–H groups in total. The van der Waals surface area contributed by atoms with Crippen molar-refractivity contribution in [1.29, 1.82) is 0 Å². The minimum Gasteiger partial charge on any atom is -0.496 e. The maximum atomic E-state index is 13.7. The molecule has 0 saturated carbocycles. The predicted molar refractivity (Wildman–Crippen MR) is 79.1 cm³/mol. The summed E-state index contributed by atoms with van der Waals surface area (Å²) in [6.07, 6.45) is 0. The van der Waals surface area contributed by atoms with Crippen molar-refractivity contribution < 1.29 is 13.5 Å². The Morgan fingerprint density at radius 2 is 1.90 bits per heavy atom. The summed E-state index contributed by atoms with van der Waals surface area (Å²) in [6.45, 7) is 1.92. The van der Waals surface area contributed by atoms with Crippen LogP contribution in [0.3, 0.4) is 0 Å². The fourth-order valence-corrected chi connectivity index (χ4v) is 2.39. The third-order valence-corrected chi connectivity index (χ3v) is 3.57. The zero-order valence-electron chi connectivity index (χ0n) is 11.1. The minimum atomic E-state index is -0.462. The molecule has 0 spiro atoms. The molecule has 0 fully saturated rings. The molecule has 2 rings (SSSR count). The zero-order valence-corrected chi connectivity index (χ0v) is 12.7. The van der Waals surface area contributed by atoms with E-state index < -0.39 is 11.6 Å². The van der Waals surface area contributed by atoms with Crippen molar-refractivity contribution in [3.05, 3.63) is 57.6 Å².